The lowest BCUT2D eigenvalue weighted by atomic mass is 10.1. The first-order valence-electron chi connectivity index (χ1n) is 11.5. The summed E-state index contributed by atoms with van der Waals surface area (Å²) in [5, 5.41) is 31.1. The standard InChI is InChI=1S/C26H27N5O4S/c1-2-24-23-10-9-21(15-25(23)30-29-24)35-12-11-28-17-26(32)19-6-4-7-20(14-19)31-36(33,34)22-8-3-5-18(13-22)16-27/h3-10,13-15,26,28,31-32H,2,11-12,17H2,1H3,(H,29,30)/t26-/m0/s1. The van der Waals surface area contributed by atoms with Crippen molar-refractivity contribution in [3.8, 4) is 11.8 Å². The molecule has 0 aliphatic rings. The van der Waals surface area contributed by atoms with Crippen LogP contribution in [0.5, 0.6) is 5.75 Å². The molecule has 4 N–H and O–H groups in total. The predicted octanol–water partition coefficient (Wildman–Crippen LogP) is 3.50. The molecule has 3 aromatic carbocycles. The summed E-state index contributed by atoms with van der Waals surface area (Å²) < 4.78 is 33.7. The molecule has 4 aromatic rings. The Balaban J connectivity index is 1.28. The molecular weight excluding hydrogens is 478 g/mol. The van der Waals surface area contributed by atoms with Gasteiger partial charge in [0.15, 0.2) is 0 Å². The SMILES string of the molecule is CCc1[nH]nc2cc(OCCNC[C@H](O)c3cccc(NS(=O)(=O)c4cccc(C#N)c4)c3)ccc12. The van der Waals surface area contributed by atoms with Crippen LogP contribution in [-0.4, -0.2) is 43.4 Å². The van der Waals surface area contributed by atoms with Crippen molar-refractivity contribution in [1.82, 2.24) is 15.5 Å². The van der Waals surface area contributed by atoms with Crippen molar-refractivity contribution in [1.29, 1.82) is 5.26 Å². The van der Waals surface area contributed by atoms with Crippen LogP contribution in [0.2, 0.25) is 0 Å². The number of aliphatic hydroxyl groups excluding tert-OH is 1. The van der Waals surface area contributed by atoms with Crippen LogP contribution < -0.4 is 14.8 Å². The average Bonchev–Trinajstić information content (AvgIpc) is 3.30. The van der Waals surface area contributed by atoms with Crippen molar-refractivity contribution in [2.45, 2.75) is 24.3 Å². The molecule has 0 saturated heterocycles. The lowest BCUT2D eigenvalue weighted by molar-refractivity contribution is 0.172. The monoisotopic (exact) mass is 505 g/mol. The normalized spacial score (nSPS) is 12.2. The van der Waals surface area contributed by atoms with Gasteiger partial charge in [0.2, 0.25) is 0 Å². The molecule has 0 aliphatic carbocycles. The second-order valence-electron chi connectivity index (χ2n) is 8.17. The number of hydrogen-bond acceptors (Lipinski definition) is 7. The molecule has 0 bridgehead atoms. The lowest BCUT2D eigenvalue weighted by Gasteiger charge is -2.15. The highest BCUT2D eigenvalue weighted by Crippen LogP contribution is 2.23. The van der Waals surface area contributed by atoms with E-state index in [-0.39, 0.29) is 17.0 Å². The predicted molar refractivity (Wildman–Crippen MR) is 137 cm³/mol. The van der Waals surface area contributed by atoms with E-state index in [1.807, 2.05) is 24.3 Å². The fraction of sp³-hybridized carbons (Fsp3) is 0.231. The van der Waals surface area contributed by atoms with E-state index in [9.17, 15) is 13.5 Å². The molecule has 4 rings (SSSR count). The molecule has 1 aromatic heterocycles. The topological polar surface area (TPSA) is 140 Å². The number of hydrogen-bond donors (Lipinski definition) is 4. The Morgan fingerprint density at radius 1 is 1.14 bits per heavy atom. The molecule has 36 heavy (non-hydrogen) atoms. The summed E-state index contributed by atoms with van der Waals surface area (Å²) in [6, 6.07) is 20.1. The number of aryl methyl sites for hydroxylation is 1. The lowest BCUT2D eigenvalue weighted by Crippen LogP contribution is -2.26. The molecular formula is C26H27N5O4S. The number of nitrogens with zero attached hydrogens (tertiary/aromatic N) is 2. The molecule has 186 valence electrons. The van der Waals surface area contributed by atoms with Crippen LogP contribution in [0.25, 0.3) is 10.9 Å². The average molecular weight is 506 g/mol. The zero-order chi connectivity index (χ0) is 25.5. The van der Waals surface area contributed by atoms with Gasteiger partial charge in [-0.05, 0) is 54.4 Å². The zero-order valence-corrected chi connectivity index (χ0v) is 20.5. The summed E-state index contributed by atoms with van der Waals surface area (Å²) in [7, 11) is -3.87. The molecule has 1 heterocycles. The van der Waals surface area contributed by atoms with Gasteiger partial charge in [-0.2, -0.15) is 10.4 Å². The minimum absolute atomic E-state index is 0.00795. The van der Waals surface area contributed by atoms with Crippen molar-refractivity contribution in [2.24, 2.45) is 0 Å². The summed E-state index contributed by atoms with van der Waals surface area (Å²) in [5.41, 5.74) is 3.09. The van der Waals surface area contributed by atoms with Crippen LogP contribution in [-0.2, 0) is 16.4 Å². The number of aromatic nitrogens is 2. The highest BCUT2D eigenvalue weighted by Gasteiger charge is 2.16. The Bertz CT molecular complexity index is 1490. The first-order chi connectivity index (χ1) is 17.4. The summed E-state index contributed by atoms with van der Waals surface area (Å²) in [6.07, 6.45) is 0.0396. The van der Waals surface area contributed by atoms with Crippen LogP contribution in [0.3, 0.4) is 0 Å². The van der Waals surface area contributed by atoms with Crippen molar-refractivity contribution >= 4 is 26.6 Å². The summed E-state index contributed by atoms with van der Waals surface area (Å²) >= 11 is 0. The Hall–Kier alpha value is -3.91. The van der Waals surface area contributed by atoms with Crippen LogP contribution in [0.4, 0.5) is 5.69 Å². The molecule has 0 fully saturated rings. The van der Waals surface area contributed by atoms with Crippen molar-refractivity contribution in [3.63, 3.8) is 0 Å². The molecule has 0 saturated carbocycles. The largest absolute Gasteiger partial charge is 0.492 e. The van der Waals surface area contributed by atoms with Crippen molar-refractivity contribution in [3.05, 3.63) is 83.6 Å². The zero-order valence-electron chi connectivity index (χ0n) is 19.7. The number of aromatic amines is 1. The highest BCUT2D eigenvalue weighted by atomic mass is 32.2. The summed E-state index contributed by atoms with van der Waals surface area (Å²) in [4.78, 5) is -0.00795. The maximum atomic E-state index is 12.7. The maximum Gasteiger partial charge on any atom is 0.261 e. The smallest absolute Gasteiger partial charge is 0.261 e. The van der Waals surface area contributed by atoms with Gasteiger partial charge in [-0.1, -0.05) is 25.1 Å². The van der Waals surface area contributed by atoms with E-state index in [1.165, 1.54) is 24.3 Å². The first kappa shape index (κ1) is 25.2. The van der Waals surface area contributed by atoms with Crippen LogP contribution in [0.1, 0.15) is 29.8 Å². The van der Waals surface area contributed by atoms with Crippen LogP contribution in [0, 0.1) is 11.3 Å². The summed E-state index contributed by atoms with van der Waals surface area (Å²) in [5.74, 6) is 0.722. The molecule has 0 amide bonds. The molecule has 1 atom stereocenters. The van der Waals surface area contributed by atoms with E-state index in [4.69, 9.17) is 10.00 Å². The van der Waals surface area contributed by atoms with Crippen LogP contribution in [0.15, 0.2) is 71.6 Å². The second kappa shape index (κ2) is 11.2. The van der Waals surface area contributed by atoms with Crippen molar-refractivity contribution < 1.29 is 18.3 Å². The van der Waals surface area contributed by atoms with E-state index in [0.29, 0.717) is 24.4 Å². The molecule has 9 nitrogen and oxygen atoms in total. The number of aliphatic hydroxyl groups is 1. The van der Waals surface area contributed by atoms with Gasteiger partial charge in [0.05, 0.1) is 28.1 Å². The molecule has 0 spiro atoms. The Morgan fingerprint density at radius 3 is 2.78 bits per heavy atom. The first-order valence-corrected chi connectivity index (χ1v) is 13.0. The maximum absolute atomic E-state index is 12.7. The van der Waals surface area contributed by atoms with Gasteiger partial charge >= 0.3 is 0 Å². The second-order valence-corrected chi connectivity index (χ2v) is 9.86. The van der Waals surface area contributed by atoms with Crippen molar-refractivity contribution in [2.75, 3.05) is 24.4 Å². The number of anilines is 1. The third-order valence-electron chi connectivity index (χ3n) is 5.64. The number of rotatable bonds is 11. The Kier molecular flexibility index (Phi) is 7.85. The van der Waals surface area contributed by atoms with Gasteiger partial charge < -0.3 is 15.2 Å². The van der Waals surface area contributed by atoms with Gasteiger partial charge in [0.1, 0.15) is 12.4 Å². The number of nitriles is 1. The van der Waals surface area contributed by atoms with Gasteiger partial charge in [-0.15, -0.1) is 0 Å². The van der Waals surface area contributed by atoms with Gasteiger partial charge in [-0.25, -0.2) is 8.42 Å². The third kappa shape index (κ3) is 6.01. The Labute approximate surface area is 209 Å². The van der Waals surface area contributed by atoms with E-state index in [0.717, 1.165) is 28.8 Å². The molecule has 0 radical (unpaired) electrons. The van der Waals surface area contributed by atoms with Gasteiger partial charge in [-0.3, -0.25) is 9.82 Å². The third-order valence-corrected chi connectivity index (χ3v) is 7.02. The fourth-order valence-electron chi connectivity index (χ4n) is 3.76. The fourth-order valence-corrected chi connectivity index (χ4v) is 4.86. The number of benzene rings is 3. The molecule has 0 unspecified atom stereocenters. The van der Waals surface area contributed by atoms with Crippen LogP contribution >= 0.6 is 0 Å². The number of fused-ring (bicyclic) bond motifs is 1. The quantitative estimate of drug-likeness (QED) is 0.229. The van der Waals surface area contributed by atoms with E-state index in [2.05, 4.69) is 27.2 Å². The van der Waals surface area contributed by atoms with E-state index in [1.54, 1.807) is 24.3 Å². The van der Waals surface area contributed by atoms with E-state index < -0.39 is 16.1 Å². The Morgan fingerprint density at radius 2 is 1.97 bits per heavy atom. The van der Waals surface area contributed by atoms with E-state index >= 15 is 0 Å². The molecule has 0 aliphatic heterocycles. The number of nitrogens with one attached hydrogen (secondary N) is 3. The van der Waals surface area contributed by atoms with Gasteiger partial charge in [0, 0.05) is 35.9 Å². The minimum atomic E-state index is -3.87. The number of H-pyrrole nitrogens is 1. The van der Waals surface area contributed by atoms with Gasteiger partial charge in [0.25, 0.3) is 10.0 Å². The number of ether oxygens (including phenoxy) is 1. The molecule has 10 heteroatoms. The number of sulfonamides is 1. The minimum Gasteiger partial charge on any atom is -0.492 e. The highest BCUT2D eigenvalue weighted by molar-refractivity contribution is 7.92. The summed E-state index contributed by atoms with van der Waals surface area (Å²) in [6.45, 7) is 3.26.